The van der Waals surface area contributed by atoms with Crippen LogP contribution in [0.3, 0.4) is 0 Å². The normalized spacial score (nSPS) is 25.0. The molecule has 0 bridgehead atoms. The van der Waals surface area contributed by atoms with Crippen LogP contribution in [0.15, 0.2) is 60.7 Å². The van der Waals surface area contributed by atoms with Crippen molar-refractivity contribution < 1.29 is 38.2 Å². The van der Waals surface area contributed by atoms with Crippen molar-refractivity contribution in [2.45, 2.75) is 128 Å². The van der Waals surface area contributed by atoms with Crippen LogP contribution in [0, 0.1) is 29.1 Å². The molecule has 9 rings (SSSR count). The minimum atomic E-state index is -0.790. The molecule has 4 N–H and O–H groups in total. The third-order valence-corrected chi connectivity index (χ3v) is 15.2. The molecule has 2 saturated heterocycles. The molecule has 3 saturated carbocycles. The van der Waals surface area contributed by atoms with Gasteiger partial charge in [-0.05, 0) is 138 Å². The number of hydrogen-bond donors (Lipinski definition) is 4. The van der Waals surface area contributed by atoms with E-state index in [9.17, 15) is 28.8 Å². The Kier molecular flexibility index (Phi) is 11.9. The predicted molar refractivity (Wildman–Crippen MR) is 246 cm³/mol. The van der Waals surface area contributed by atoms with Crippen LogP contribution in [0.2, 0.25) is 0 Å². The number of nitrogens with zero attached hydrogens (tertiary/aromatic N) is 2. The highest BCUT2D eigenvalue weighted by molar-refractivity contribution is 6.00. The van der Waals surface area contributed by atoms with E-state index in [0.29, 0.717) is 24.2 Å². The number of carbonyl (C=O) groups excluding carboxylic acids is 6. The van der Waals surface area contributed by atoms with Gasteiger partial charge in [0.15, 0.2) is 0 Å². The number of methoxy groups -OCH3 is 2. The van der Waals surface area contributed by atoms with E-state index < -0.39 is 36.4 Å². The first-order valence-corrected chi connectivity index (χ1v) is 23.5. The average Bonchev–Trinajstić information content (AvgIpc) is 3.97. The van der Waals surface area contributed by atoms with Crippen molar-refractivity contribution in [2.75, 3.05) is 24.9 Å². The summed E-state index contributed by atoms with van der Waals surface area (Å²) in [4.78, 5) is 82.7. The second-order valence-corrected chi connectivity index (χ2v) is 20.1. The summed E-state index contributed by atoms with van der Waals surface area (Å²) in [5, 5.41) is 11.5. The molecule has 2 aliphatic heterocycles. The summed E-state index contributed by atoms with van der Waals surface area (Å²) in [6, 6.07) is 17.6. The number of rotatable bonds is 12. The van der Waals surface area contributed by atoms with Crippen LogP contribution >= 0.6 is 0 Å². The van der Waals surface area contributed by atoms with Crippen molar-refractivity contribution in [1.29, 1.82) is 0 Å². The number of nitrogens with one attached hydrogen (secondary N) is 4. The Hall–Kier alpha value is -5.92. The van der Waals surface area contributed by atoms with Crippen molar-refractivity contribution in [2.24, 2.45) is 29.1 Å². The molecule has 1 spiro atoms. The maximum absolute atomic E-state index is 13.8. The summed E-state index contributed by atoms with van der Waals surface area (Å²) in [5.74, 6) is -0.752. The molecule has 65 heavy (non-hydrogen) atoms. The molecule has 6 unspecified atom stereocenters. The second-order valence-electron chi connectivity index (χ2n) is 20.1. The van der Waals surface area contributed by atoms with Gasteiger partial charge >= 0.3 is 12.2 Å². The summed E-state index contributed by atoms with van der Waals surface area (Å²) >= 11 is 0. The maximum Gasteiger partial charge on any atom is 0.407 e. The summed E-state index contributed by atoms with van der Waals surface area (Å²) in [6.45, 7) is 7.46. The van der Waals surface area contributed by atoms with Gasteiger partial charge in [0.05, 0.1) is 14.2 Å². The molecule has 344 valence electrons. The van der Waals surface area contributed by atoms with Crippen LogP contribution in [0.5, 0.6) is 0 Å². The van der Waals surface area contributed by atoms with Crippen LogP contribution in [-0.2, 0) is 41.5 Å². The van der Waals surface area contributed by atoms with Crippen LogP contribution < -0.4 is 21.3 Å². The highest BCUT2D eigenvalue weighted by atomic mass is 16.5. The van der Waals surface area contributed by atoms with Crippen LogP contribution in [-0.4, -0.2) is 96.1 Å². The van der Waals surface area contributed by atoms with E-state index in [1.807, 2.05) is 52.0 Å². The van der Waals surface area contributed by atoms with Crippen molar-refractivity contribution >= 4 is 47.2 Å². The third kappa shape index (κ3) is 8.56. The lowest BCUT2D eigenvalue weighted by Crippen LogP contribution is -2.55. The lowest BCUT2D eigenvalue weighted by molar-refractivity contribution is -0.140. The first-order valence-electron chi connectivity index (χ1n) is 23.5. The van der Waals surface area contributed by atoms with Crippen LogP contribution in [0.25, 0.3) is 22.3 Å². The van der Waals surface area contributed by atoms with E-state index in [1.54, 1.807) is 9.80 Å². The third-order valence-electron chi connectivity index (χ3n) is 15.2. The van der Waals surface area contributed by atoms with E-state index in [2.05, 4.69) is 57.7 Å². The number of carbonyl (C=O) groups is 6. The molecule has 3 aromatic carbocycles. The molecule has 0 radical (unpaired) electrons. The van der Waals surface area contributed by atoms with E-state index in [0.717, 1.165) is 36.8 Å². The Morgan fingerprint density at radius 3 is 1.31 bits per heavy atom. The van der Waals surface area contributed by atoms with Gasteiger partial charge in [0.2, 0.25) is 23.6 Å². The van der Waals surface area contributed by atoms with Gasteiger partial charge in [-0.25, -0.2) is 9.59 Å². The van der Waals surface area contributed by atoms with Gasteiger partial charge in [-0.1, -0.05) is 76.9 Å². The van der Waals surface area contributed by atoms with Gasteiger partial charge in [0.1, 0.15) is 24.2 Å². The first-order chi connectivity index (χ1) is 31.2. The van der Waals surface area contributed by atoms with Gasteiger partial charge in [-0.15, -0.1) is 0 Å². The minimum Gasteiger partial charge on any atom is -0.453 e. The number of fused-ring (bicyclic) bond motifs is 3. The molecule has 0 aromatic heterocycles. The lowest BCUT2D eigenvalue weighted by atomic mass is 9.82. The lowest BCUT2D eigenvalue weighted by Gasteiger charge is -2.32. The van der Waals surface area contributed by atoms with Crippen molar-refractivity contribution in [1.82, 2.24) is 20.4 Å². The largest absolute Gasteiger partial charge is 0.453 e. The molecule has 8 atom stereocenters. The average molecular weight is 887 g/mol. The van der Waals surface area contributed by atoms with E-state index >= 15 is 0 Å². The molecule has 4 aliphatic carbocycles. The fourth-order valence-electron chi connectivity index (χ4n) is 11.6. The van der Waals surface area contributed by atoms with E-state index in [4.69, 9.17) is 9.47 Å². The molecular formula is C51H62N6O8. The number of anilines is 2. The topological polar surface area (TPSA) is 175 Å². The SMILES string of the molecule is COC(=O)N[C@@H](C(=O)N1C(C(=O)Nc2ccc(-c3ccc(-c4ccc(NC(=O)C5CC6CC6N5C(=O)[C@H](NC(=O)OC)C(C)C)cc4)c4c3CC3(CCCC3)C4)cc2)CC2CC21)C(C)C. The summed E-state index contributed by atoms with van der Waals surface area (Å²) < 4.78 is 9.56. The smallest absolute Gasteiger partial charge is 0.407 e. The number of likely N-dealkylation sites (tertiary alicyclic amines) is 2. The monoisotopic (exact) mass is 886 g/mol. The number of alkyl carbamates (subject to hydrolysis) is 2. The molecule has 6 amide bonds. The molecule has 2 heterocycles. The summed E-state index contributed by atoms with van der Waals surface area (Å²) in [5.41, 5.74) is 8.82. The number of ether oxygens (including phenoxy) is 2. The fraction of sp³-hybridized carbons (Fsp3) is 0.529. The predicted octanol–water partition coefficient (Wildman–Crippen LogP) is 7.30. The van der Waals surface area contributed by atoms with Crippen molar-refractivity contribution in [3.05, 3.63) is 71.8 Å². The molecule has 14 nitrogen and oxygen atoms in total. The van der Waals surface area contributed by atoms with E-state index in [1.165, 1.54) is 62.2 Å². The minimum absolute atomic E-state index is 0.00762. The number of piperidine rings is 2. The molecule has 3 aromatic rings. The zero-order chi connectivity index (χ0) is 45.9. The number of hydrogen-bond acceptors (Lipinski definition) is 8. The first kappa shape index (κ1) is 44.3. The van der Waals surface area contributed by atoms with Crippen molar-refractivity contribution in [3.63, 3.8) is 0 Å². The summed E-state index contributed by atoms with van der Waals surface area (Å²) in [6.07, 6.45) is 8.49. The van der Waals surface area contributed by atoms with Crippen LogP contribution in [0.4, 0.5) is 21.0 Å². The molecular weight excluding hydrogens is 825 g/mol. The highest BCUT2D eigenvalue weighted by Gasteiger charge is 2.58. The zero-order valence-corrected chi connectivity index (χ0v) is 38.3. The Morgan fingerprint density at radius 2 is 0.954 bits per heavy atom. The van der Waals surface area contributed by atoms with Gasteiger partial charge in [0, 0.05) is 23.5 Å². The number of amides is 6. The quantitative estimate of drug-likeness (QED) is 0.147. The zero-order valence-electron chi connectivity index (χ0n) is 38.3. The Labute approximate surface area is 380 Å². The molecule has 5 fully saturated rings. The molecule has 6 aliphatic rings. The number of benzene rings is 3. The second kappa shape index (κ2) is 17.5. The van der Waals surface area contributed by atoms with Gasteiger partial charge in [-0.2, -0.15) is 0 Å². The Balaban J connectivity index is 0.897. The van der Waals surface area contributed by atoms with Gasteiger partial charge in [0.25, 0.3) is 0 Å². The fourth-order valence-corrected chi connectivity index (χ4v) is 11.6. The van der Waals surface area contributed by atoms with Crippen molar-refractivity contribution in [3.8, 4) is 22.3 Å². The van der Waals surface area contributed by atoms with Gasteiger partial charge < -0.3 is 40.5 Å². The standard InChI is InChI=1S/C51H62N6O8/c1-27(2)43(54-49(62)64-5)47(60)56-39-21-31(39)23-41(56)45(58)52-33-13-9-29(10-14-33)35-17-18-36(38-26-51(25-37(35)38)19-7-8-20-51)30-11-15-34(16-12-30)53-46(59)42-24-32-22-40(32)57(42)48(61)44(28(3)4)55-50(63)65-6/h9-18,27-28,31-32,39-44H,7-8,19-26H2,1-6H3,(H,52,58)(H,53,59)(H,54,62)(H,55,63)/t31?,32?,39?,40?,41?,42?,43-,44-/m1/s1. The van der Waals surface area contributed by atoms with E-state index in [-0.39, 0.29) is 64.8 Å². The Morgan fingerprint density at radius 1 is 0.569 bits per heavy atom. The summed E-state index contributed by atoms with van der Waals surface area (Å²) in [7, 11) is 2.54. The van der Waals surface area contributed by atoms with Crippen LogP contribution in [0.1, 0.15) is 90.2 Å². The maximum atomic E-state index is 13.8. The molecule has 14 heteroatoms. The van der Waals surface area contributed by atoms with Gasteiger partial charge in [-0.3, -0.25) is 19.2 Å². The highest BCUT2D eigenvalue weighted by Crippen LogP contribution is 2.54. The Bertz CT molecular complexity index is 2220.